The Hall–Kier alpha value is -2.04. The lowest BCUT2D eigenvalue weighted by Crippen LogP contribution is -2.73. The number of nitrogens with one attached hydrogen (secondary N) is 1. The number of carbonyl (C=O) groups is 3. The van der Waals surface area contributed by atoms with Crippen molar-refractivity contribution in [3.8, 4) is 0 Å². The fourth-order valence-electron chi connectivity index (χ4n) is 9.05. The molecule has 2 amide bonds. The number of alkyl halides is 1. The van der Waals surface area contributed by atoms with Crippen LogP contribution in [0.15, 0.2) is 11.8 Å². The number of likely N-dealkylation sites (tertiary alicyclic amines) is 1. The van der Waals surface area contributed by atoms with Crippen molar-refractivity contribution in [3.63, 3.8) is 0 Å². The number of fused-ring (bicyclic) bond motifs is 3. The molecule has 10 heteroatoms. The predicted molar refractivity (Wildman–Crippen MR) is 148 cm³/mol. The number of Topliss-reactive ketones (excluding diaryl/α,β-unsaturated/α-hetero) is 1. The number of morpholine rings is 2. The zero-order chi connectivity index (χ0) is 28.1. The lowest BCUT2D eigenvalue weighted by atomic mass is 9.65. The van der Waals surface area contributed by atoms with Gasteiger partial charge in [0.15, 0.2) is 5.78 Å². The van der Waals surface area contributed by atoms with E-state index in [1.54, 1.807) is 4.90 Å². The average molecular weight is 573 g/mol. The number of carbonyl (C=O) groups excluding carboxylic acids is 3. The number of ketones is 1. The second-order valence-corrected chi connectivity index (χ2v) is 13.5. The Morgan fingerprint density at radius 2 is 1.71 bits per heavy atom. The maximum atomic E-state index is 16.1. The Bertz CT molecular complexity index is 1060. The number of ether oxygens (including phenoxy) is 2. The second-order valence-electron chi connectivity index (χ2n) is 13.5. The summed E-state index contributed by atoms with van der Waals surface area (Å²) in [6.45, 7) is 4.88. The zero-order valence-electron chi connectivity index (χ0n) is 24.1. The summed E-state index contributed by atoms with van der Waals surface area (Å²) < 4.78 is 28.3. The van der Waals surface area contributed by atoms with E-state index in [1.807, 2.05) is 6.20 Å². The molecular weight excluding hydrogens is 527 g/mol. The Labute approximate surface area is 242 Å². The van der Waals surface area contributed by atoms with Crippen LogP contribution in [0, 0.1) is 17.8 Å². The SMILES string of the molecule is O=C(CCN1CCOCC1)NC1C(F)CC2C(=O)C(C(=O)N3CCCC3)=CN3C4CC5CCCCC5CC4OC1C23. The van der Waals surface area contributed by atoms with Crippen LogP contribution in [-0.4, -0.2) is 115 Å². The number of halogens is 1. The topological polar surface area (TPSA) is 91.4 Å². The summed E-state index contributed by atoms with van der Waals surface area (Å²) in [6, 6.07) is -1.10. The number of hydrogen-bond acceptors (Lipinski definition) is 7. The number of nitrogens with zero attached hydrogens (tertiary/aromatic N) is 3. The van der Waals surface area contributed by atoms with Crippen LogP contribution in [-0.2, 0) is 23.9 Å². The first-order chi connectivity index (χ1) is 20.0. The summed E-state index contributed by atoms with van der Waals surface area (Å²) in [5.41, 5.74) is 0.221. The molecule has 9 atom stereocenters. The number of hydrogen-bond donors (Lipinski definition) is 1. The first kappa shape index (κ1) is 27.8. The normalized spacial score (nSPS) is 40.8. The maximum Gasteiger partial charge on any atom is 0.258 e. The summed E-state index contributed by atoms with van der Waals surface area (Å²) in [6.07, 6.45) is 8.71. The Morgan fingerprint density at radius 3 is 2.46 bits per heavy atom. The van der Waals surface area contributed by atoms with E-state index in [-0.39, 0.29) is 54.2 Å². The van der Waals surface area contributed by atoms with Gasteiger partial charge >= 0.3 is 0 Å². The molecule has 3 aliphatic carbocycles. The smallest absolute Gasteiger partial charge is 0.258 e. The Kier molecular flexibility index (Phi) is 7.83. The molecule has 0 spiro atoms. The Balaban J connectivity index is 1.16. The lowest BCUT2D eigenvalue weighted by molar-refractivity contribution is -0.208. The molecule has 0 aromatic rings. The van der Waals surface area contributed by atoms with Gasteiger partial charge in [0.25, 0.3) is 5.91 Å². The van der Waals surface area contributed by atoms with Crippen molar-refractivity contribution in [2.45, 2.75) is 101 Å². The van der Waals surface area contributed by atoms with E-state index in [0.717, 1.165) is 38.8 Å². The van der Waals surface area contributed by atoms with Crippen LogP contribution < -0.4 is 5.32 Å². The quantitative estimate of drug-likeness (QED) is 0.505. The fraction of sp³-hybridized carbons (Fsp3) is 0.839. The minimum Gasteiger partial charge on any atom is -0.379 e. The van der Waals surface area contributed by atoms with Crippen molar-refractivity contribution < 1.29 is 28.2 Å². The molecule has 0 aromatic carbocycles. The van der Waals surface area contributed by atoms with Gasteiger partial charge in [-0.05, 0) is 43.9 Å². The first-order valence-electron chi connectivity index (χ1n) is 16.2. The maximum absolute atomic E-state index is 16.1. The highest BCUT2D eigenvalue weighted by molar-refractivity contribution is 6.20. The van der Waals surface area contributed by atoms with Gasteiger partial charge in [-0.1, -0.05) is 25.7 Å². The van der Waals surface area contributed by atoms with E-state index in [0.29, 0.717) is 44.7 Å². The third-order valence-electron chi connectivity index (χ3n) is 11.2. The largest absolute Gasteiger partial charge is 0.379 e. The molecule has 4 heterocycles. The lowest BCUT2D eigenvalue weighted by Gasteiger charge is -2.60. The van der Waals surface area contributed by atoms with Gasteiger partial charge in [-0.2, -0.15) is 0 Å². The standard InChI is InChI=1S/C31H45FN4O5/c32-23-17-21-28-30(27(23)33-26(37)7-10-34-11-13-40-14-12-34)41-25-16-20-6-2-1-5-19(20)15-24(25)36(28)18-22(29(21)38)31(39)35-8-3-4-9-35/h18-21,23-25,27-28,30H,1-17H2,(H,33,37). The number of rotatable bonds is 5. The van der Waals surface area contributed by atoms with Gasteiger partial charge in [-0.3, -0.25) is 19.3 Å². The predicted octanol–water partition coefficient (Wildman–Crippen LogP) is 2.05. The minimum atomic E-state index is -1.41. The molecule has 4 aliphatic heterocycles. The van der Waals surface area contributed by atoms with E-state index in [2.05, 4.69) is 15.1 Å². The van der Waals surface area contributed by atoms with Crippen LogP contribution >= 0.6 is 0 Å². The van der Waals surface area contributed by atoms with Gasteiger partial charge in [-0.25, -0.2) is 4.39 Å². The van der Waals surface area contributed by atoms with E-state index in [4.69, 9.17) is 9.47 Å². The van der Waals surface area contributed by atoms with Crippen LogP contribution in [0.5, 0.6) is 0 Å². The van der Waals surface area contributed by atoms with Crippen LogP contribution in [0.4, 0.5) is 4.39 Å². The molecule has 0 bridgehead atoms. The van der Waals surface area contributed by atoms with Gasteiger partial charge in [0.2, 0.25) is 5.91 Å². The van der Waals surface area contributed by atoms with Crippen molar-refractivity contribution in [3.05, 3.63) is 11.8 Å². The molecule has 3 saturated carbocycles. The monoisotopic (exact) mass is 572 g/mol. The molecular formula is C31H45FN4O5. The van der Waals surface area contributed by atoms with Crippen LogP contribution in [0.2, 0.25) is 0 Å². The highest BCUT2D eigenvalue weighted by Gasteiger charge is 2.60. The summed E-state index contributed by atoms with van der Waals surface area (Å²) >= 11 is 0. The average Bonchev–Trinajstić information content (AvgIpc) is 3.54. The van der Waals surface area contributed by atoms with Crippen LogP contribution in [0.1, 0.15) is 64.2 Å². The van der Waals surface area contributed by atoms with Crippen molar-refractivity contribution in [1.82, 2.24) is 20.0 Å². The molecule has 9 nitrogen and oxygen atoms in total. The number of amides is 2. The first-order valence-corrected chi connectivity index (χ1v) is 16.2. The molecule has 7 rings (SSSR count). The second kappa shape index (κ2) is 11.6. The van der Waals surface area contributed by atoms with Crippen molar-refractivity contribution >= 4 is 17.6 Å². The van der Waals surface area contributed by atoms with Crippen molar-refractivity contribution in [1.29, 1.82) is 0 Å². The summed E-state index contributed by atoms with van der Waals surface area (Å²) in [7, 11) is 0. The van der Waals surface area contributed by atoms with Gasteiger partial charge in [0, 0.05) is 51.3 Å². The molecule has 6 fully saturated rings. The van der Waals surface area contributed by atoms with Gasteiger partial charge in [-0.15, -0.1) is 0 Å². The van der Waals surface area contributed by atoms with Crippen LogP contribution in [0.3, 0.4) is 0 Å². The molecule has 9 unspecified atom stereocenters. The van der Waals surface area contributed by atoms with Gasteiger partial charge in [0.1, 0.15) is 12.3 Å². The fourth-order valence-corrected chi connectivity index (χ4v) is 9.05. The third kappa shape index (κ3) is 5.22. The molecule has 7 aliphatic rings. The molecule has 226 valence electrons. The zero-order valence-corrected chi connectivity index (χ0v) is 24.1. The van der Waals surface area contributed by atoms with Gasteiger partial charge in [0.05, 0.1) is 43.0 Å². The van der Waals surface area contributed by atoms with Crippen LogP contribution in [0.25, 0.3) is 0 Å². The van der Waals surface area contributed by atoms with E-state index < -0.39 is 24.2 Å². The molecule has 41 heavy (non-hydrogen) atoms. The molecule has 0 radical (unpaired) electrons. The van der Waals surface area contributed by atoms with Crippen molar-refractivity contribution in [2.75, 3.05) is 45.9 Å². The van der Waals surface area contributed by atoms with Gasteiger partial charge < -0.3 is 24.6 Å². The van der Waals surface area contributed by atoms with Crippen molar-refractivity contribution in [2.24, 2.45) is 17.8 Å². The Morgan fingerprint density at radius 1 is 0.976 bits per heavy atom. The third-order valence-corrected chi connectivity index (χ3v) is 11.2. The van der Waals surface area contributed by atoms with E-state index >= 15 is 4.39 Å². The van der Waals surface area contributed by atoms with E-state index in [1.165, 1.54) is 25.7 Å². The summed E-state index contributed by atoms with van der Waals surface area (Å²) in [4.78, 5) is 46.7. The van der Waals surface area contributed by atoms with E-state index in [9.17, 15) is 14.4 Å². The highest BCUT2D eigenvalue weighted by atomic mass is 19.1. The minimum absolute atomic E-state index is 0.00231. The molecule has 1 N–H and O–H groups in total. The summed E-state index contributed by atoms with van der Waals surface area (Å²) in [5, 5.41) is 3.01. The summed E-state index contributed by atoms with van der Waals surface area (Å²) in [5.74, 6) is -0.0519. The molecule has 3 saturated heterocycles. The molecule has 0 aromatic heterocycles. The highest BCUT2D eigenvalue weighted by Crippen LogP contribution is 2.50.